The fourth-order valence-corrected chi connectivity index (χ4v) is 3.78. The minimum Gasteiger partial charge on any atom is -0.444 e. The van der Waals surface area contributed by atoms with Gasteiger partial charge in [-0.2, -0.15) is 0 Å². The van der Waals surface area contributed by atoms with E-state index < -0.39 is 17.7 Å². The standard InChI is InChI=1S/C25H39N3O4/c1-8-9-18(4)27-23(30)22(19-12-10-16(2)11-13-19)28(20-14-17(20)3)21(29)15-26-24(31)32-25(5,6)7/h10-13,17-18,20,22H,8-9,14-15H2,1-7H3,(H,26,31)(H,27,30). The van der Waals surface area contributed by atoms with Crippen LogP contribution >= 0.6 is 0 Å². The third-order valence-corrected chi connectivity index (χ3v) is 5.53. The van der Waals surface area contributed by atoms with Crippen LogP contribution in [0.4, 0.5) is 4.79 Å². The van der Waals surface area contributed by atoms with Gasteiger partial charge in [-0.25, -0.2) is 4.79 Å². The topological polar surface area (TPSA) is 87.7 Å². The monoisotopic (exact) mass is 445 g/mol. The number of nitrogens with zero attached hydrogens (tertiary/aromatic N) is 1. The predicted octanol–water partition coefficient (Wildman–Crippen LogP) is 4.10. The number of carbonyl (C=O) groups is 3. The molecule has 0 bridgehead atoms. The number of aryl methyl sites for hydroxylation is 1. The lowest BCUT2D eigenvalue weighted by Gasteiger charge is -2.33. The molecule has 32 heavy (non-hydrogen) atoms. The predicted molar refractivity (Wildman–Crippen MR) is 125 cm³/mol. The smallest absolute Gasteiger partial charge is 0.408 e. The number of ether oxygens (including phenoxy) is 1. The molecule has 2 rings (SSSR count). The van der Waals surface area contributed by atoms with Gasteiger partial charge in [0.2, 0.25) is 11.8 Å². The molecule has 4 unspecified atom stereocenters. The molecule has 0 saturated heterocycles. The molecule has 1 aliphatic carbocycles. The van der Waals surface area contributed by atoms with Crippen LogP contribution in [-0.4, -0.2) is 47.0 Å². The summed E-state index contributed by atoms with van der Waals surface area (Å²) in [5.41, 5.74) is 1.19. The number of rotatable bonds is 9. The number of alkyl carbamates (subject to hydrolysis) is 1. The Morgan fingerprint density at radius 1 is 1.19 bits per heavy atom. The van der Waals surface area contributed by atoms with Crippen molar-refractivity contribution in [3.05, 3.63) is 35.4 Å². The average molecular weight is 446 g/mol. The van der Waals surface area contributed by atoms with Gasteiger partial charge in [0.15, 0.2) is 0 Å². The summed E-state index contributed by atoms with van der Waals surface area (Å²) < 4.78 is 5.25. The van der Waals surface area contributed by atoms with E-state index in [1.54, 1.807) is 25.7 Å². The second-order valence-corrected chi connectivity index (χ2v) is 9.95. The molecular formula is C25H39N3O4. The van der Waals surface area contributed by atoms with Gasteiger partial charge < -0.3 is 20.3 Å². The van der Waals surface area contributed by atoms with Crippen LogP contribution in [-0.2, 0) is 14.3 Å². The maximum Gasteiger partial charge on any atom is 0.408 e. The Morgan fingerprint density at radius 2 is 1.78 bits per heavy atom. The van der Waals surface area contributed by atoms with E-state index >= 15 is 0 Å². The fourth-order valence-electron chi connectivity index (χ4n) is 3.78. The molecule has 2 N–H and O–H groups in total. The van der Waals surface area contributed by atoms with E-state index in [-0.39, 0.29) is 30.4 Å². The van der Waals surface area contributed by atoms with Crippen LogP contribution in [0, 0.1) is 12.8 Å². The zero-order chi connectivity index (χ0) is 24.1. The Balaban J connectivity index is 2.28. The van der Waals surface area contributed by atoms with E-state index in [4.69, 9.17) is 4.74 Å². The van der Waals surface area contributed by atoms with Crippen molar-refractivity contribution < 1.29 is 19.1 Å². The molecule has 7 heteroatoms. The van der Waals surface area contributed by atoms with Gasteiger partial charge in [-0.05, 0) is 58.9 Å². The highest BCUT2D eigenvalue weighted by atomic mass is 16.6. The molecule has 0 spiro atoms. The highest BCUT2D eigenvalue weighted by Gasteiger charge is 2.46. The number of hydrogen-bond acceptors (Lipinski definition) is 4. The molecule has 1 saturated carbocycles. The molecule has 0 radical (unpaired) electrons. The van der Waals surface area contributed by atoms with E-state index in [2.05, 4.69) is 24.5 Å². The zero-order valence-corrected chi connectivity index (χ0v) is 20.5. The van der Waals surface area contributed by atoms with Crippen LogP contribution < -0.4 is 10.6 Å². The molecule has 7 nitrogen and oxygen atoms in total. The van der Waals surface area contributed by atoms with Crippen molar-refractivity contribution >= 4 is 17.9 Å². The van der Waals surface area contributed by atoms with E-state index in [9.17, 15) is 14.4 Å². The largest absolute Gasteiger partial charge is 0.444 e. The number of benzene rings is 1. The van der Waals surface area contributed by atoms with E-state index in [0.29, 0.717) is 5.92 Å². The summed E-state index contributed by atoms with van der Waals surface area (Å²) in [5.74, 6) is -0.192. The quantitative estimate of drug-likeness (QED) is 0.599. The molecule has 4 atom stereocenters. The van der Waals surface area contributed by atoms with E-state index in [0.717, 1.165) is 30.4 Å². The average Bonchev–Trinajstić information content (AvgIpc) is 3.39. The van der Waals surface area contributed by atoms with Gasteiger partial charge in [-0.15, -0.1) is 0 Å². The van der Waals surface area contributed by atoms with Gasteiger partial charge >= 0.3 is 6.09 Å². The summed E-state index contributed by atoms with van der Waals surface area (Å²) in [6, 6.07) is 6.91. The van der Waals surface area contributed by atoms with Gasteiger partial charge in [0.25, 0.3) is 0 Å². The molecule has 0 aromatic heterocycles. The molecular weight excluding hydrogens is 406 g/mol. The molecule has 0 aliphatic heterocycles. The number of carbonyl (C=O) groups excluding carboxylic acids is 3. The van der Waals surface area contributed by atoms with Crippen LogP contribution in [0.2, 0.25) is 0 Å². The summed E-state index contributed by atoms with van der Waals surface area (Å²) in [5, 5.41) is 5.63. The minimum atomic E-state index is -0.752. The van der Waals surface area contributed by atoms with Gasteiger partial charge in [-0.3, -0.25) is 9.59 Å². The lowest BCUT2D eigenvalue weighted by atomic mass is 10.0. The maximum absolute atomic E-state index is 13.4. The van der Waals surface area contributed by atoms with E-state index in [1.807, 2.05) is 38.1 Å². The lowest BCUT2D eigenvalue weighted by molar-refractivity contribution is -0.141. The second kappa shape index (κ2) is 10.8. The van der Waals surface area contributed by atoms with Crippen LogP contribution in [0.1, 0.15) is 78.0 Å². The maximum atomic E-state index is 13.4. The van der Waals surface area contributed by atoms with Crippen LogP contribution in [0.25, 0.3) is 0 Å². The summed E-state index contributed by atoms with van der Waals surface area (Å²) >= 11 is 0. The molecule has 1 aliphatic rings. The molecule has 1 fully saturated rings. The molecule has 178 valence electrons. The zero-order valence-electron chi connectivity index (χ0n) is 20.5. The first-order valence-corrected chi connectivity index (χ1v) is 11.6. The van der Waals surface area contributed by atoms with Gasteiger partial charge in [0, 0.05) is 12.1 Å². The molecule has 1 aromatic rings. The number of amides is 3. The fraction of sp³-hybridized carbons (Fsp3) is 0.640. The third-order valence-electron chi connectivity index (χ3n) is 5.53. The first-order valence-electron chi connectivity index (χ1n) is 11.6. The molecule has 1 aromatic carbocycles. The van der Waals surface area contributed by atoms with Crippen molar-refractivity contribution in [2.24, 2.45) is 5.92 Å². The Bertz CT molecular complexity index is 800. The Hall–Kier alpha value is -2.57. The first-order chi connectivity index (χ1) is 14.9. The number of nitrogens with one attached hydrogen (secondary N) is 2. The van der Waals surface area contributed by atoms with Crippen molar-refractivity contribution in [3.8, 4) is 0 Å². The Kier molecular flexibility index (Phi) is 8.70. The normalized spacial score (nSPS) is 19.5. The van der Waals surface area contributed by atoms with Gasteiger partial charge in [0.05, 0.1) is 0 Å². The summed E-state index contributed by atoms with van der Waals surface area (Å²) in [4.78, 5) is 40.5. The van der Waals surface area contributed by atoms with Gasteiger partial charge in [0.1, 0.15) is 18.2 Å². The highest BCUT2D eigenvalue weighted by molar-refractivity contribution is 5.91. The third kappa shape index (κ3) is 7.53. The van der Waals surface area contributed by atoms with Crippen LogP contribution in [0.5, 0.6) is 0 Å². The van der Waals surface area contributed by atoms with Crippen molar-refractivity contribution in [1.29, 1.82) is 0 Å². The van der Waals surface area contributed by atoms with Crippen molar-refractivity contribution in [1.82, 2.24) is 15.5 Å². The van der Waals surface area contributed by atoms with E-state index in [1.165, 1.54) is 0 Å². The SMILES string of the molecule is CCCC(C)NC(=O)C(c1ccc(C)cc1)N(C(=O)CNC(=O)OC(C)(C)C)C1CC1C. The molecule has 3 amide bonds. The van der Waals surface area contributed by atoms with Crippen molar-refractivity contribution in [2.75, 3.05) is 6.54 Å². The highest BCUT2D eigenvalue weighted by Crippen LogP contribution is 2.40. The van der Waals surface area contributed by atoms with Gasteiger partial charge in [-0.1, -0.05) is 50.1 Å². The van der Waals surface area contributed by atoms with Crippen molar-refractivity contribution in [3.63, 3.8) is 0 Å². The summed E-state index contributed by atoms with van der Waals surface area (Å²) in [7, 11) is 0. The second-order valence-electron chi connectivity index (χ2n) is 9.95. The Labute approximate surface area is 192 Å². The first kappa shape index (κ1) is 25.7. The minimum absolute atomic E-state index is 0.00825. The summed E-state index contributed by atoms with van der Waals surface area (Å²) in [6.45, 7) is 13.2. The van der Waals surface area contributed by atoms with Crippen LogP contribution in [0.3, 0.4) is 0 Å². The van der Waals surface area contributed by atoms with Crippen LogP contribution in [0.15, 0.2) is 24.3 Å². The molecule has 0 heterocycles. The van der Waals surface area contributed by atoms with Crippen molar-refractivity contribution in [2.45, 2.75) is 91.5 Å². The lowest BCUT2D eigenvalue weighted by Crippen LogP contribution is -2.50. The Morgan fingerprint density at radius 3 is 2.28 bits per heavy atom. The summed E-state index contributed by atoms with van der Waals surface area (Å²) in [6.07, 6.45) is 2.00. The number of hydrogen-bond donors (Lipinski definition) is 2.